The molecule has 0 radical (unpaired) electrons. The van der Waals surface area contributed by atoms with Crippen molar-refractivity contribution in [1.82, 2.24) is 19.7 Å². The van der Waals surface area contributed by atoms with Crippen LogP contribution in [0.15, 0.2) is 79.1 Å². The van der Waals surface area contributed by atoms with Gasteiger partial charge in [0.2, 0.25) is 5.91 Å². The summed E-state index contributed by atoms with van der Waals surface area (Å²) >= 11 is 0. The monoisotopic (exact) mass is 667 g/mol. The third kappa shape index (κ3) is 9.09. The van der Waals surface area contributed by atoms with Crippen LogP contribution in [0.25, 0.3) is 0 Å². The van der Waals surface area contributed by atoms with Crippen LogP contribution in [0.2, 0.25) is 0 Å². The zero-order chi connectivity index (χ0) is 33.9. The molecule has 3 heterocycles. The van der Waals surface area contributed by atoms with Crippen molar-refractivity contribution in [3.8, 4) is 5.75 Å². The Kier molecular flexibility index (Phi) is 12.7. The Bertz CT molecular complexity index is 1390. The first kappa shape index (κ1) is 35.5. The summed E-state index contributed by atoms with van der Waals surface area (Å²) in [5.41, 5.74) is 8.62. The highest BCUT2D eigenvalue weighted by Gasteiger charge is 2.49. The average Bonchev–Trinajstić information content (AvgIpc) is 3.84. The van der Waals surface area contributed by atoms with Gasteiger partial charge in [-0.15, -0.1) is 0 Å². The first-order chi connectivity index (χ1) is 24.1. The highest BCUT2D eigenvalue weighted by Crippen LogP contribution is 2.43. The van der Waals surface area contributed by atoms with E-state index in [0.717, 1.165) is 94.5 Å². The van der Waals surface area contributed by atoms with Crippen molar-refractivity contribution in [2.75, 3.05) is 66.1 Å². The molecule has 2 aliphatic heterocycles. The lowest BCUT2D eigenvalue weighted by atomic mass is 9.64. The fraction of sp³-hybridized carbons (Fsp3) is 0.561. The summed E-state index contributed by atoms with van der Waals surface area (Å²) in [6, 6.07) is 22.9. The molecular weight excluding hydrogens is 610 g/mol. The van der Waals surface area contributed by atoms with Crippen LogP contribution >= 0.6 is 0 Å². The van der Waals surface area contributed by atoms with E-state index in [-0.39, 0.29) is 11.8 Å². The summed E-state index contributed by atoms with van der Waals surface area (Å²) in [5, 5.41) is 0. The van der Waals surface area contributed by atoms with E-state index in [1.807, 2.05) is 48.7 Å². The molecule has 2 aromatic carbocycles. The number of aromatic nitrogens is 1. The normalized spacial score (nSPS) is 19.4. The van der Waals surface area contributed by atoms with Crippen molar-refractivity contribution in [3.63, 3.8) is 0 Å². The Labute approximate surface area is 294 Å². The Balaban J connectivity index is 0.900. The molecule has 3 aromatic rings. The van der Waals surface area contributed by atoms with E-state index in [1.165, 1.54) is 50.8 Å². The van der Waals surface area contributed by atoms with Gasteiger partial charge in [-0.3, -0.25) is 14.7 Å². The highest BCUT2D eigenvalue weighted by atomic mass is 16.5. The Morgan fingerprint density at radius 3 is 2.20 bits per heavy atom. The number of methoxy groups -OCH3 is 1. The predicted octanol–water partition coefficient (Wildman–Crippen LogP) is 5.75. The second-order valence-corrected chi connectivity index (χ2v) is 14.5. The summed E-state index contributed by atoms with van der Waals surface area (Å²) in [6.07, 6.45) is 13.3. The van der Waals surface area contributed by atoms with Gasteiger partial charge >= 0.3 is 0 Å². The van der Waals surface area contributed by atoms with Gasteiger partial charge in [-0.25, -0.2) is 0 Å². The predicted molar refractivity (Wildman–Crippen MR) is 195 cm³/mol. The van der Waals surface area contributed by atoms with Crippen molar-refractivity contribution >= 4 is 5.91 Å². The largest absolute Gasteiger partial charge is 0.496 e. The Morgan fingerprint density at radius 2 is 1.55 bits per heavy atom. The third-order valence-corrected chi connectivity index (χ3v) is 11.2. The molecule has 8 nitrogen and oxygen atoms in total. The number of amides is 1. The zero-order valence-electron chi connectivity index (χ0n) is 29.6. The fourth-order valence-corrected chi connectivity index (χ4v) is 8.40. The van der Waals surface area contributed by atoms with Crippen LogP contribution in [0.5, 0.6) is 5.75 Å². The molecule has 8 heteroatoms. The minimum Gasteiger partial charge on any atom is -0.496 e. The molecule has 2 saturated heterocycles. The van der Waals surface area contributed by atoms with E-state index in [1.54, 1.807) is 13.3 Å². The minimum atomic E-state index is -0.827. The van der Waals surface area contributed by atoms with Gasteiger partial charge in [-0.05, 0) is 107 Å². The standard InChI is InChI=1S/C41H57N5O3/c1-48-39-17-21-43-29-34(39)31-45-25-19-38(20-26-45)46(30-33-15-16-33)23-8-9-27-49-28-10-22-44-24-18-37(32-44)41(40(42)47,35-11-4-2-5-12-35)36-13-6-3-7-14-36/h2-7,11-14,17,21,29,33,37-38H,8-10,15-16,18-20,22-28,30-32H2,1H3,(H2,42,47)/t37-/m1/s1. The number of unbranched alkanes of at least 4 members (excludes halogenated alkanes) is 1. The zero-order valence-corrected chi connectivity index (χ0v) is 29.6. The molecular formula is C41H57N5O3. The number of primary amides is 1. The lowest BCUT2D eigenvalue weighted by Crippen LogP contribution is -2.49. The van der Waals surface area contributed by atoms with Crippen molar-refractivity contribution in [3.05, 3.63) is 95.8 Å². The number of rotatable bonds is 19. The lowest BCUT2D eigenvalue weighted by Gasteiger charge is -2.39. The quantitative estimate of drug-likeness (QED) is 0.163. The van der Waals surface area contributed by atoms with E-state index >= 15 is 0 Å². The third-order valence-electron chi connectivity index (χ3n) is 11.2. The number of piperidine rings is 1. The summed E-state index contributed by atoms with van der Waals surface area (Å²) in [6.45, 7) is 10.1. The molecule has 0 spiro atoms. The van der Waals surface area contributed by atoms with E-state index in [4.69, 9.17) is 15.2 Å². The summed E-state index contributed by atoms with van der Waals surface area (Å²) in [7, 11) is 1.74. The summed E-state index contributed by atoms with van der Waals surface area (Å²) < 4.78 is 11.7. The van der Waals surface area contributed by atoms with Gasteiger partial charge in [0, 0.05) is 63.4 Å². The molecule has 6 rings (SSSR count). The van der Waals surface area contributed by atoms with E-state index < -0.39 is 5.41 Å². The second kappa shape index (κ2) is 17.6. The molecule has 3 fully saturated rings. The van der Waals surface area contributed by atoms with Crippen LogP contribution in [0.4, 0.5) is 0 Å². The Morgan fingerprint density at radius 1 is 0.878 bits per heavy atom. The highest BCUT2D eigenvalue weighted by molar-refractivity contribution is 5.91. The molecule has 0 bridgehead atoms. The molecule has 1 amide bonds. The molecule has 49 heavy (non-hydrogen) atoms. The Hall–Kier alpha value is -3.30. The minimum absolute atomic E-state index is 0.131. The van der Waals surface area contributed by atoms with E-state index in [2.05, 4.69) is 43.9 Å². The maximum atomic E-state index is 13.4. The number of carbonyl (C=O) groups is 1. The molecule has 1 atom stereocenters. The maximum absolute atomic E-state index is 13.4. The first-order valence-electron chi connectivity index (χ1n) is 18.7. The van der Waals surface area contributed by atoms with Gasteiger partial charge in [-0.2, -0.15) is 0 Å². The molecule has 264 valence electrons. The van der Waals surface area contributed by atoms with Crippen LogP contribution in [0, 0.1) is 11.8 Å². The number of ether oxygens (including phenoxy) is 2. The van der Waals surface area contributed by atoms with Crippen LogP contribution in [-0.2, 0) is 21.5 Å². The van der Waals surface area contributed by atoms with Crippen LogP contribution in [0.1, 0.15) is 68.1 Å². The van der Waals surface area contributed by atoms with Gasteiger partial charge in [-0.1, -0.05) is 60.7 Å². The van der Waals surface area contributed by atoms with Crippen molar-refractivity contribution < 1.29 is 14.3 Å². The van der Waals surface area contributed by atoms with Crippen molar-refractivity contribution in [2.45, 2.75) is 69.4 Å². The fourth-order valence-electron chi connectivity index (χ4n) is 8.40. The molecule has 1 aliphatic carbocycles. The van der Waals surface area contributed by atoms with Crippen molar-refractivity contribution in [1.29, 1.82) is 0 Å². The van der Waals surface area contributed by atoms with Crippen molar-refractivity contribution in [2.24, 2.45) is 17.6 Å². The number of likely N-dealkylation sites (tertiary alicyclic amines) is 2. The lowest BCUT2D eigenvalue weighted by molar-refractivity contribution is -0.123. The van der Waals surface area contributed by atoms with Crippen LogP contribution in [-0.4, -0.2) is 97.8 Å². The number of hydrogen-bond acceptors (Lipinski definition) is 7. The van der Waals surface area contributed by atoms with Gasteiger partial charge < -0.3 is 25.0 Å². The number of hydrogen-bond donors (Lipinski definition) is 1. The number of nitrogens with zero attached hydrogens (tertiary/aromatic N) is 4. The topological polar surface area (TPSA) is 84.2 Å². The van der Waals surface area contributed by atoms with Gasteiger partial charge in [0.05, 0.1) is 7.11 Å². The number of nitrogens with two attached hydrogens (primary N) is 1. The van der Waals surface area contributed by atoms with E-state index in [0.29, 0.717) is 6.04 Å². The molecule has 1 saturated carbocycles. The van der Waals surface area contributed by atoms with Gasteiger partial charge in [0.25, 0.3) is 0 Å². The molecule has 1 aromatic heterocycles. The van der Waals surface area contributed by atoms with Crippen LogP contribution in [0.3, 0.4) is 0 Å². The van der Waals surface area contributed by atoms with Crippen LogP contribution < -0.4 is 10.5 Å². The molecule has 2 N–H and O–H groups in total. The number of carbonyl (C=O) groups excluding carboxylic acids is 1. The van der Waals surface area contributed by atoms with Gasteiger partial charge in [0.15, 0.2) is 0 Å². The first-order valence-corrected chi connectivity index (χ1v) is 18.7. The summed E-state index contributed by atoms with van der Waals surface area (Å²) in [4.78, 5) is 25.5. The summed E-state index contributed by atoms with van der Waals surface area (Å²) in [5.74, 6) is 1.72. The maximum Gasteiger partial charge on any atom is 0.232 e. The second-order valence-electron chi connectivity index (χ2n) is 14.5. The number of benzene rings is 2. The molecule has 0 unspecified atom stereocenters. The molecule has 3 aliphatic rings. The number of pyridine rings is 1. The average molecular weight is 668 g/mol. The smallest absolute Gasteiger partial charge is 0.232 e. The van der Waals surface area contributed by atoms with Gasteiger partial charge in [0.1, 0.15) is 11.2 Å². The van der Waals surface area contributed by atoms with E-state index in [9.17, 15) is 4.79 Å². The SMILES string of the molecule is COc1ccncc1CN1CCC(N(CCCCOCCCN2CC[C@@H](C(C(N)=O)(c3ccccc3)c3ccccc3)C2)CC2CC2)CC1.